The number of nitrogens with one attached hydrogen (secondary N) is 1. The third-order valence-corrected chi connectivity index (χ3v) is 2.69. The first-order chi connectivity index (χ1) is 8.22. The number of aromatic nitrogens is 1. The maximum absolute atomic E-state index is 11.6. The number of rotatable bonds is 7. The molecule has 0 atom stereocenters. The Morgan fingerprint density at radius 2 is 2.00 bits per heavy atom. The zero-order valence-electron chi connectivity index (χ0n) is 10.8. The maximum atomic E-state index is 11.6. The largest absolute Gasteiger partial charge is 0.311 e. The van der Waals surface area contributed by atoms with Gasteiger partial charge in [-0.2, -0.15) is 0 Å². The first kappa shape index (κ1) is 13.7. The highest BCUT2D eigenvalue weighted by atomic mass is 16.1. The van der Waals surface area contributed by atoms with Crippen LogP contribution in [0.2, 0.25) is 0 Å². The van der Waals surface area contributed by atoms with Crippen LogP contribution in [-0.4, -0.2) is 10.9 Å². The predicted molar refractivity (Wildman–Crippen MR) is 71.0 cm³/mol. The van der Waals surface area contributed by atoms with Crippen LogP contribution in [-0.2, 0) is 4.79 Å². The number of nitrogens with zero attached hydrogens (tertiary/aromatic N) is 1. The molecule has 3 nitrogen and oxygen atoms in total. The van der Waals surface area contributed by atoms with Gasteiger partial charge in [-0.05, 0) is 25.0 Å². The van der Waals surface area contributed by atoms with Crippen LogP contribution in [0.5, 0.6) is 0 Å². The molecule has 0 aliphatic heterocycles. The van der Waals surface area contributed by atoms with E-state index in [0.29, 0.717) is 12.2 Å². The molecule has 1 aromatic heterocycles. The molecule has 0 radical (unpaired) electrons. The monoisotopic (exact) mass is 234 g/mol. The molecule has 1 amide bonds. The van der Waals surface area contributed by atoms with Crippen LogP contribution < -0.4 is 5.32 Å². The predicted octanol–water partition coefficient (Wildman–Crippen LogP) is 3.69. The van der Waals surface area contributed by atoms with Gasteiger partial charge >= 0.3 is 0 Å². The van der Waals surface area contributed by atoms with Gasteiger partial charge in [-0.25, -0.2) is 4.98 Å². The molecule has 0 saturated heterocycles. The van der Waals surface area contributed by atoms with E-state index in [-0.39, 0.29) is 5.91 Å². The molecule has 0 unspecified atom stereocenters. The minimum absolute atomic E-state index is 0.0675. The van der Waals surface area contributed by atoms with Crippen LogP contribution >= 0.6 is 0 Å². The summed E-state index contributed by atoms with van der Waals surface area (Å²) >= 11 is 0. The third kappa shape index (κ3) is 6.05. The van der Waals surface area contributed by atoms with E-state index in [4.69, 9.17) is 0 Å². The molecule has 0 bridgehead atoms. The first-order valence-electron chi connectivity index (χ1n) is 6.45. The highest BCUT2D eigenvalue weighted by Crippen LogP contribution is 2.08. The third-order valence-electron chi connectivity index (χ3n) is 2.69. The second-order valence-electron chi connectivity index (χ2n) is 4.43. The number of anilines is 1. The Bertz CT molecular complexity index is 333. The molecule has 0 spiro atoms. The van der Waals surface area contributed by atoms with Gasteiger partial charge in [-0.1, -0.05) is 38.7 Å². The second kappa shape index (κ2) is 7.82. The topological polar surface area (TPSA) is 42.0 Å². The van der Waals surface area contributed by atoms with Crippen molar-refractivity contribution >= 4 is 11.7 Å². The summed E-state index contributed by atoms with van der Waals surface area (Å²) in [5.41, 5.74) is 1.10. The smallest absolute Gasteiger partial charge is 0.225 e. The van der Waals surface area contributed by atoms with Crippen molar-refractivity contribution in [3.63, 3.8) is 0 Å². The highest BCUT2D eigenvalue weighted by molar-refractivity contribution is 5.89. The first-order valence-corrected chi connectivity index (χ1v) is 6.45. The molecule has 0 aliphatic carbocycles. The molecule has 1 rings (SSSR count). The van der Waals surface area contributed by atoms with E-state index in [1.54, 1.807) is 6.20 Å². The van der Waals surface area contributed by atoms with Gasteiger partial charge in [0.05, 0.1) is 0 Å². The van der Waals surface area contributed by atoms with Gasteiger partial charge in [0.1, 0.15) is 5.82 Å². The molecule has 1 heterocycles. The lowest BCUT2D eigenvalue weighted by atomic mass is 10.1. The standard InChI is InChI=1S/C14H22N2O/c1-3-4-5-6-7-8-14(17)16-13-10-9-12(2)11-15-13/h9-11H,3-8H2,1-2H3,(H,15,16,17). The number of amides is 1. The molecule has 1 N–H and O–H groups in total. The molecule has 17 heavy (non-hydrogen) atoms. The minimum atomic E-state index is 0.0675. The number of unbranched alkanes of at least 4 members (excludes halogenated alkanes) is 4. The number of carbonyl (C=O) groups excluding carboxylic acids is 1. The number of pyridine rings is 1. The van der Waals surface area contributed by atoms with E-state index < -0.39 is 0 Å². The summed E-state index contributed by atoms with van der Waals surface area (Å²) in [5, 5.41) is 2.81. The molecule has 94 valence electrons. The zero-order valence-corrected chi connectivity index (χ0v) is 10.8. The van der Waals surface area contributed by atoms with Crippen LogP contribution in [0.4, 0.5) is 5.82 Å². The Kier molecular flexibility index (Phi) is 6.30. The van der Waals surface area contributed by atoms with Gasteiger partial charge in [0.15, 0.2) is 0 Å². The summed E-state index contributed by atoms with van der Waals surface area (Å²) in [6.45, 7) is 4.17. The number of carbonyl (C=O) groups is 1. The van der Waals surface area contributed by atoms with Crippen molar-refractivity contribution in [2.75, 3.05) is 5.32 Å². The van der Waals surface area contributed by atoms with Gasteiger partial charge in [-0.3, -0.25) is 4.79 Å². The van der Waals surface area contributed by atoms with Crippen LogP contribution in [0.25, 0.3) is 0 Å². The van der Waals surface area contributed by atoms with E-state index in [2.05, 4.69) is 17.2 Å². The average Bonchev–Trinajstić information content (AvgIpc) is 2.32. The van der Waals surface area contributed by atoms with Crippen molar-refractivity contribution in [3.8, 4) is 0 Å². The number of hydrogen-bond donors (Lipinski definition) is 1. The summed E-state index contributed by atoms with van der Waals surface area (Å²) in [6, 6.07) is 3.79. The number of hydrogen-bond acceptors (Lipinski definition) is 2. The van der Waals surface area contributed by atoms with Crippen molar-refractivity contribution in [1.82, 2.24) is 4.98 Å². The summed E-state index contributed by atoms with van der Waals surface area (Å²) in [6.07, 6.45) is 8.20. The van der Waals surface area contributed by atoms with Crippen LogP contribution in [0.3, 0.4) is 0 Å². The summed E-state index contributed by atoms with van der Waals surface area (Å²) < 4.78 is 0. The van der Waals surface area contributed by atoms with Crippen LogP contribution in [0.15, 0.2) is 18.3 Å². The minimum Gasteiger partial charge on any atom is -0.311 e. The Balaban J connectivity index is 2.18. The summed E-state index contributed by atoms with van der Waals surface area (Å²) in [7, 11) is 0. The highest BCUT2D eigenvalue weighted by Gasteiger charge is 2.02. The van der Waals surface area contributed by atoms with E-state index in [0.717, 1.165) is 18.4 Å². The average molecular weight is 234 g/mol. The van der Waals surface area contributed by atoms with Gasteiger partial charge < -0.3 is 5.32 Å². The SMILES string of the molecule is CCCCCCCC(=O)Nc1ccc(C)cn1. The Morgan fingerprint density at radius 1 is 1.24 bits per heavy atom. The van der Waals surface area contributed by atoms with E-state index >= 15 is 0 Å². The lowest BCUT2D eigenvalue weighted by Crippen LogP contribution is -2.12. The normalized spacial score (nSPS) is 10.2. The number of aryl methyl sites for hydroxylation is 1. The van der Waals surface area contributed by atoms with Crippen molar-refractivity contribution in [2.45, 2.75) is 52.4 Å². The van der Waals surface area contributed by atoms with Crippen molar-refractivity contribution in [3.05, 3.63) is 23.9 Å². The van der Waals surface area contributed by atoms with E-state index in [1.807, 2.05) is 19.1 Å². The van der Waals surface area contributed by atoms with Crippen molar-refractivity contribution in [1.29, 1.82) is 0 Å². The van der Waals surface area contributed by atoms with Crippen molar-refractivity contribution < 1.29 is 4.79 Å². The summed E-state index contributed by atoms with van der Waals surface area (Å²) in [4.78, 5) is 15.7. The van der Waals surface area contributed by atoms with Crippen LogP contribution in [0.1, 0.15) is 51.0 Å². The van der Waals surface area contributed by atoms with E-state index in [1.165, 1.54) is 19.3 Å². The van der Waals surface area contributed by atoms with Gasteiger partial charge in [0, 0.05) is 12.6 Å². The van der Waals surface area contributed by atoms with Crippen molar-refractivity contribution in [2.24, 2.45) is 0 Å². The zero-order chi connectivity index (χ0) is 12.5. The molecule has 0 aromatic carbocycles. The Labute approximate surface area is 104 Å². The molecule has 1 aromatic rings. The fourth-order valence-electron chi connectivity index (χ4n) is 1.64. The Morgan fingerprint density at radius 3 is 2.65 bits per heavy atom. The van der Waals surface area contributed by atoms with E-state index in [9.17, 15) is 4.79 Å². The maximum Gasteiger partial charge on any atom is 0.225 e. The molecular weight excluding hydrogens is 212 g/mol. The molecule has 0 aliphatic rings. The van der Waals surface area contributed by atoms with Gasteiger partial charge in [-0.15, -0.1) is 0 Å². The molecule has 0 fully saturated rings. The molecular formula is C14H22N2O. The van der Waals surface area contributed by atoms with Crippen LogP contribution in [0, 0.1) is 6.92 Å². The van der Waals surface area contributed by atoms with Gasteiger partial charge in [0.25, 0.3) is 0 Å². The quantitative estimate of drug-likeness (QED) is 0.731. The van der Waals surface area contributed by atoms with Gasteiger partial charge in [0.2, 0.25) is 5.91 Å². The fourth-order valence-corrected chi connectivity index (χ4v) is 1.64. The Hall–Kier alpha value is -1.38. The fraction of sp³-hybridized carbons (Fsp3) is 0.571. The lowest BCUT2D eigenvalue weighted by molar-refractivity contribution is -0.116. The summed E-state index contributed by atoms with van der Waals surface area (Å²) in [5.74, 6) is 0.715. The lowest BCUT2D eigenvalue weighted by Gasteiger charge is -2.04. The molecule has 0 saturated carbocycles. The molecule has 3 heteroatoms. The second-order valence-corrected chi connectivity index (χ2v) is 4.43.